The predicted octanol–water partition coefficient (Wildman–Crippen LogP) is 4.40. The lowest BCUT2D eigenvalue weighted by Gasteiger charge is -2.15. The first-order valence-corrected chi connectivity index (χ1v) is 8.32. The minimum atomic E-state index is -0.302. The zero-order valence-electron chi connectivity index (χ0n) is 12.6. The van der Waals surface area contributed by atoms with E-state index in [4.69, 9.17) is 9.72 Å². The topological polar surface area (TPSA) is 44.1 Å². The molecule has 5 heteroatoms. The molecule has 3 aromatic rings. The number of fused-ring (bicyclic) bond motifs is 3. The normalized spacial score (nSPS) is 19.7. The van der Waals surface area contributed by atoms with Gasteiger partial charge in [0.1, 0.15) is 0 Å². The predicted molar refractivity (Wildman–Crippen MR) is 91.1 cm³/mol. The average molecular weight is 371 g/mol. The molecule has 0 amide bonds. The number of esters is 1. The van der Waals surface area contributed by atoms with E-state index in [0.717, 1.165) is 21.3 Å². The summed E-state index contributed by atoms with van der Waals surface area (Å²) in [5.41, 5.74) is 3.17. The zero-order valence-corrected chi connectivity index (χ0v) is 14.2. The largest absolute Gasteiger partial charge is 0.454 e. The van der Waals surface area contributed by atoms with E-state index < -0.39 is 0 Å². The summed E-state index contributed by atoms with van der Waals surface area (Å²) in [5, 5.41) is 0. The number of rotatable bonds is 2. The zero-order chi connectivity index (χ0) is 16.0. The molecular formula is C18H15BrN2O2. The molecule has 2 heterocycles. The van der Waals surface area contributed by atoms with Crippen molar-refractivity contribution in [3.63, 3.8) is 0 Å². The summed E-state index contributed by atoms with van der Waals surface area (Å²) >= 11 is 3.53. The first-order chi connectivity index (χ1) is 11.1. The van der Waals surface area contributed by atoms with Crippen molar-refractivity contribution >= 4 is 32.9 Å². The van der Waals surface area contributed by atoms with Gasteiger partial charge < -0.3 is 9.30 Å². The molecule has 1 aliphatic heterocycles. The van der Waals surface area contributed by atoms with Gasteiger partial charge in [0.2, 0.25) is 0 Å². The Hall–Kier alpha value is -2.14. The van der Waals surface area contributed by atoms with Crippen molar-refractivity contribution in [2.24, 2.45) is 0 Å². The maximum absolute atomic E-state index is 11.5. The molecule has 4 rings (SSSR count). The summed E-state index contributed by atoms with van der Waals surface area (Å²) in [4.78, 5) is 16.2. The molecule has 0 aliphatic carbocycles. The number of ether oxygens (including phenoxy) is 1. The van der Waals surface area contributed by atoms with E-state index in [1.54, 1.807) is 0 Å². The number of hydrogen-bond donors (Lipinski definition) is 0. The molecular weight excluding hydrogens is 356 g/mol. The first kappa shape index (κ1) is 14.5. The number of carbonyl (C=O) groups excluding carboxylic acids is 1. The molecule has 2 aromatic carbocycles. The summed E-state index contributed by atoms with van der Waals surface area (Å²) in [6, 6.07) is 16.4. The van der Waals surface area contributed by atoms with Gasteiger partial charge in [-0.3, -0.25) is 4.79 Å². The molecule has 0 fully saturated rings. The number of benzene rings is 2. The Morgan fingerprint density at radius 1 is 1.26 bits per heavy atom. The highest BCUT2D eigenvalue weighted by Crippen LogP contribution is 2.43. The SMILES string of the molecule is CC(=O)OC1CC(c2ccccc2)n2c1nc1ccc(Br)cc12. The van der Waals surface area contributed by atoms with Crippen molar-refractivity contribution in [2.45, 2.75) is 25.5 Å². The molecule has 23 heavy (non-hydrogen) atoms. The van der Waals surface area contributed by atoms with Crippen LogP contribution in [0.3, 0.4) is 0 Å². The van der Waals surface area contributed by atoms with Crippen LogP contribution in [0.1, 0.15) is 36.9 Å². The molecule has 2 unspecified atom stereocenters. The van der Waals surface area contributed by atoms with Crippen molar-refractivity contribution in [2.75, 3.05) is 0 Å². The number of aromatic nitrogens is 2. The summed E-state index contributed by atoms with van der Waals surface area (Å²) in [7, 11) is 0. The molecule has 0 spiro atoms. The smallest absolute Gasteiger partial charge is 0.303 e. The standard InChI is InChI=1S/C18H15BrN2O2/c1-11(22)23-17-10-15(12-5-3-2-4-6-12)21-16-9-13(19)7-8-14(16)20-18(17)21/h2-9,15,17H,10H2,1H3. The van der Waals surface area contributed by atoms with Crippen LogP contribution in [-0.2, 0) is 9.53 Å². The first-order valence-electron chi connectivity index (χ1n) is 7.53. The molecule has 0 saturated heterocycles. The molecule has 0 bridgehead atoms. The molecule has 1 aliphatic rings. The third-order valence-corrected chi connectivity index (χ3v) is 4.70. The van der Waals surface area contributed by atoms with Gasteiger partial charge in [0, 0.05) is 17.8 Å². The Morgan fingerprint density at radius 2 is 2.04 bits per heavy atom. The maximum Gasteiger partial charge on any atom is 0.303 e. The quantitative estimate of drug-likeness (QED) is 0.628. The molecule has 2 atom stereocenters. The van der Waals surface area contributed by atoms with Crippen LogP contribution < -0.4 is 0 Å². The van der Waals surface area contributed by atoms with Crippen LogP contribution in [0, 0.1) is 0 Å². The third-order valence-electron chi connectivity index (χ3n) is 4.21. The van der Waals surface area contributed by atoms with Crippen molar-refractivity contribution in [3.05, 3.63) is 64.4 Å². The minimum absolute atomic E-state index is 0.120. The fraction of sp³-hybridized carbons (Fsp3) is 0.222. The van der Waals surface area contributed by atoms with E-state index in [1.165, 1.54) is 12.5 Å². The van der Waals surface area contributed by atoms with Crippen molar-refractivity contribution in [1.82, 2.24) is 9.55 Å². The summed E-state index contributed by atoms with van der Waals surface area (Å²) in [5.74, 6) is 0.547. The number of hydrogen-bond acceptors (Lipinski definition) is 3. The Kier molecular flexibility index (Phi) is 3.45. The van der Waals surface area contributed by atoms with Gasteiger partial charge in [0.15, 0.2) is 11.9 Å². The van der Waals surface area contributed by atoms with Crippen molar-refractivity contribution in [1.29, 1.82) is 0 Å². The average Bonchev–Trinajstić information content (AvgIpc) is 3.06. The van der Waals surface area contributed by atoms with Gasteiger partial charge in [-0.15, -0.1) is 0 Å². The van der Waals surface area contributed by atoms with Crippen LogP contribution >= 0.6 is 15.9 Å². The van der Waals surface area contributed by atoms with Gasteiger partial charge in [0.05, 0.1) is 17.1 Å². The van der Waals surface area contributed by atoms with Gasteiger partial charge in [-0.1, -0.05) is 46.3 Å². The highest BCUT2D eigenvalue weighted by Gasteiger charge is 2.36. The molecule has 0 N–H and O–H groups in total. The van der Waals surface area contributed by atoms with E-state index in [9.17, 15) is 4.79 Å². The second-order valence-corrected chi connectivity index (χ2v) is 6.65. The minimum Gasteiger partial charge on any atom is -0.454 e. The van der Waals surface area contributed by atoms with E-state index in [0.29, 0.717) is 6.42 Å². The van der Waals surface area contributed by atoms with Crippen LogP contribution in [-0.4, -0.2) is 15.5 Å². The fourth-order valence-electron chi connectivity index (χ4n) is 3.31. The van der Waals surface area contributed by atoms with Gasteiger partial charge in [-0.25, -0.2) is 4.98 Å². The van der Waals surface area contributed by atoms with Crippen LogP contribution in [0.5, 0.6) is 0 Å². The van der Waals surface area contributed by atoms with Gasteiger partial charge in [0.25, 0.3) is 0 Å². The van der Waals surface area contributed by atoms with Crippen LogP contribution in [0.2, 0.25) is 0 Å². The van der Waals surface area contributed by atoms with Gasteiger partial charge in [-0.2, -0.15) is 0 Å². The lowest BCUT2D eigenvalue weighted by molar-refractivity contribution is -0.146. The molecule has 0 radical (unpaired) electrons. The Morgan fingerprint density at radius 3 is 2.78 bits per heavy atom. The number of imidazole rings is 1. The maximum atomic E-state index is 11.5. The lowest BCUT2D eigenvalue weighted by atomic mass is 10.0. The molecule has 4 nitrogen and oxygen atoms in total. The highest BCUT2D eigenvalue weighted by atomic mass is 79.9. The summed E-state index contributed by atoms with van der Waals surface area (Å²) in [6.07, 6.45) is 0.415. The van der Waals surface area contributed by atoms with E-state index >= 15 is 0 Å². The Bertz CT molecular complexity index is 889. The van der Waals surface area contributed by atoms with Crippen molar-refractivity contribution in [3.8, 4) is 0 Å². The number of carbonyl (C=O) groups is 1. The van der Waals surface area contributed by atoms with Crippen LogP contribution in [0.25, 0.3) is 11.0 Å². The fourth-order valence-corrected chi connectivity index (χ4v) is 3.66. The second-order valence-electron chi connectivity index (χ2n) is 5.73. The number of halogens is 1. The van der Waals surface area contributed by atoms with E-state index in [-0.39, 0.29) is 18.1 Å². The molecule has 0 saturated carbocycles. The summed E-state index contributed by atoms with van der Waals surface area (Å²) < 4.78 is 8.72. The van der Waals surface area contributed by atoms with E-state index in [2.05, 4.69) is 38.7 Å². The van der Waals surface area contributed by atoms with Crippen LogP contribution in [0.4, 0.5) is 0 Å². The Balaban J connectivity index is 1.91. The van der Waals surface area contributed by atoms with Gasteiger partial charge >= 0.3 is 5.97 Å². The number of nitrogens with zero attached hydrogens (tertiary/aromatic N) is 2. The third kappa shape index (κ3) is 2.45. The van der Waals surface area contributed by atoms with Crippen molar-refractivity contribution < 1.29 is 9.53 Å². The lowest BCUT2D eigenvalue weighted by Crippen LogP contribution is -2.06. The second kappa shape index (κ2) is 5.49. The molecule has 116 valence electrons. The summed E-state index contributed by atoms with van der Waals surface area (Å²) in [6.45, 7) is 1.44. The molecule has 1 aromatic heterocycles. The highest BCUT2D eigenvalue weighted by molar-refractivity contribution is 9.10. The monoisotopic (exact) mass is 370 g/mol. The Labute approximate surface area is 142 Å². The van der Waals surface area contributed by atoms with E-state index in [1.807, 2.05) is 30.3 Å². The van der Waals surface area contributed by atoms with Crippen LogP contribution in [0.15, 0.2) is 53.0 Å². The van der Waals surface area contributed by atoms with Gasteiger partial charge in [-0.05, 0) is 23.8 Å².